The predicted molar refractivity (Wildman–Crippen MR) is 101 cm³/mol. The second kappa shape index (κ2) is 8.84. The van der Waals surface area contributed by atoms with E-state index in [0.29, 0.717) is 23.4 Å². The number of nitrogens with one attached hydrogen (secondary N) is 1. The molecular formula is C20H22N2O5. The number of benzene rings is 1. The van der Waals surface area contributed by atoms with Crippen molar-refractivity contribution in [2.24, 2.45) is 0 Å². The van der Waals surface area contributed by atoms with Crippen molar-refractivity contribution in [1.29, 1.82) is 0 Å². The Kier molecular flexibility index (Phi) is 6.54. The van der Waals surface area contributed by atoms with E-state index in [1.807, 2.05) is 6.92 Å². The first-order valence-corrected chi connectivity index (χ1v) is 8.39. The number of esters is 2. The van der Waals surface area contributed by atoms with Crippen LogP contribution in [0.25, 0.3) is 0 Å². The maximum absolute atomic E-state index is 12.5. The third-order valence-electron chi connectivity index (χ3n) is 4.04. The zero-order valence-corrected chi connectivity index (χ0v) is 15.7. The molecule has 1 aromatic rings. The van der Waals surface area contributed by atoms with E-state index in [4.69, 9.17) is 9.47 Å². The monoisotopic (exact) mass is 370 g/mol. The second-order valence-corrected chi connectivity index (χ2v) is 5.63. The van der Waals surface area contributed by atoms with Gasteiger partial charge in [-0.15, -0.1) is 0 Å². The van der Waals surface area contributed by atoms with Crippen LogP contribution in [0, 0.1) is 6.92 Å². The summed E-state index contributed by atoms with van der Waals surface area (Å²) in [5.41, 5.74) is 1.76. The molecule has 0 radical (unpaired) electrons. The van der Waals surface area contributed by atoms with Crippen molar-refractivity contribution in [2.45, 2.75) is 13.8 Å². The van der Waals surface area contributed by atoms with E-state index in [2.05, 4.69) is 5.32 Å². The first kappa shape index (κ1) is 20.0. The van der Waals surface area contributed by atoms with Gasteiger partial charge in [-0.3, -0.25) is 4.79 Å². The van der Waals surface area contributed by atoms with Crippen LogP contribution in [-0.4, -0.2) is 38.6 Å². The van der Waals surface area contributed by atoms with Crippen LogP contribution >= 0.6 is 0 Å². The van der Waals surface area contributed by atoms with Crippen molar-refractivity contribution < 1.29 is 23.9 Å². The number of amides is 1. The number of allylic oxidation sites excluding steroid dienone is 2. The third-order valence-corrected chi connectivity index (χ3v) is 4.04. The fraction of sp³-hybridized carbons (Fsp3) is 0.250. The predicted octanol–water partition coefficient (Wildman–Crippen LogP) is 2.23. The van der Waals surface area contributed by atoms with Crippen molar-refractivity contribution in [3.8, 4) is 0 Å². The molecule has 0 unspecified atom stereocenters. The van der Waals surface area contributed by atoms with Crippen LogP contribution < -0.4 is 10.2 Å². The van der Waals surface area contributed by atoms with Crippen molar-refractivity contribution >= 4 is 23.5 Å². The molecule has 1 aliphatic rings. The molecule has 142 valence electrons. The molecule has 0 atom stereocenters. The van der Waals surface area contributed by atoms with Crippen LogP contribution in [0.1, 0.15) is 22.8 Å². The van der Waals surface area contributed by atoms with Crippen LogP contribution in [0.3, 0.4) is 0 Å². The van der Waals surface area contributed by atoms with Crippen molar-refractivity contribution in [2.75, 3.05) is 25.7 Å². The molecule has 7 heteroatoms. The number of nitrogens with zero attached hydrogens (tertiary/aromatic N) is 1. The van der Waals surface area contributed by atoms with Crippen LogP contribution in [0.4, 0.5) is 5.69 Å². The summed E-state index contributed by atoms with van der Waals surface area (Å²) in [7, 11) is 2.47. The average Bonchev–Trinajstić information content (AvgIpc) is 2.90. The molecule has 7 nitrogen and oxygen atoms in total. The molecule has 0 aliphatic carbocycles. The van der Waals surface area contributed by atoms with Gasteiger partial charge in [-0.1, -0.05) is 12.1 Å². The second-order valence-electron chi connectivity index (χ2n) is 5.63. The SMILES string of the molecule is CCNC(=O)c1cccc(N2C=CC=CC(C(=O)OC)=C2C(=O)OC)c1C. The third kappa shape index (κ3) is 4.08. The van der Waals surface area contributed by atoms with Crippen molar-refractivity contribution in [3.05, 3.63) is 65.0 Å². The highest BCUT2D eigenvalue weighted by molar-refractivity contribution is 6.06. The van der Waals surface area contributed by atoms with E-state index in [0.717, 1.165) is 0 Å². The first-order valence-electron chi connectivity index (χ1n) is 8.39. The average molecular weight is 370 g/mol. The standard InChI is InChI=1S/C20H22N2O5/c1-5-21-18(23)14-10-8-11-16(13(14)2)22-12-7-6-9-15(19(24)26-3)17(22)20(25)27-4/h6-12H,5H2,1-4H3,(H,21,23). The number of hydrogen-bond acceptors (Lipinski definition) is 6. The zero-order chi connectivity index (χ0) is 20.0. The number of anilines is 1. The summed E-state index contributed by atoms with van der Waals surface area (Å²) in [6, 6.07) is 5.17. The van der Waals surface area contributed by atoms with Crippen LogP contribution in [0.15, 0.2) is 53.9 Å². The molecule has 0 fully saturated rings. The molecule has 27 heavy (non-hydrogen) atoms. The largest absolute Gasteiger partial charge is 0.465 e. The van der Waals surface area contributed by atoms with Gasteiger partial charge in [0.25, 0.3) is 5.91 Å². The number of carbonyl (C=O) groups excluding carboxylic acids is 3. The number of hydrogen-bond donors (Lipinski definition) is 1. The topological polar surface area (TPSA) is 84.9 Å². The number of rotatable bonds is 5. The quantitative estimate of drug-likeness (QED) is 0.800. The summed E-state index contributed by atoms with van der Waals surface area (Å²) in [6.07, 6.45) is 6.41. The van der Waals surface area contributed by atoms with E-state index >= 15 is 0 Å². The van der Waals surface area contributed by atoms with Gasteiger partial charge < -0.3 is 19.7 Å². The number of methoxy groups -OCH3 is 2. The van der Waals surface area contributed by atoms with Gasteiger partial charge in [-0.2, -0.15) is 0 Å². The molecule has 1 aliphatic heterocycles. The van der Waals surface area contributed by atoms with Crippen molar-refractivity contribution in [3.63, 3.8) is 0 Å². The van der Waals surface area contributed by atoms with Gasteiger partial charge in [-0.25, -0.2) is 9.59 Å². The van der Waals surface area contributed by atoms with E-state index in [9.17, 15) is 14.4 Å². The molecule has 0 saturated heterocycles. The Morgan fingerprint density at radius 3 is 2.41 bits per heavy atom. The molecule has 1 N–H and O–H groups in total. The lowest BCUT2D eigenvalue weighted by Crippen LogP contribution is -2.28. The number of carbonyl (C=O) groups is 3. The highest BCUT2D eigenvalue weighted by Gasteiger charge is 2.28. The van der Waals surface area contributed by atoms with Gasteiger partial charge in [0.05, 0.1) is 19.8 Å². The molecule has 0 bridgehead atoms. The van der Waals surface area contributed by atoms with E-state index < -0.39 is 11.9 Å². The molecule has 0 spiro atoms. The van der Waals surface area contributed by atoms with Crippen molar-refractivity contribution in [1.82, 2.24) is 5.32 Å². The fourth-order valence-corrected chi connectivity index (χ4v) is 2.74. The fourth-order valence-electron chi connectivity index (χ4n) is 2.74. The highest BCUT2D eigenvalue weighted by atomic mass is 16.5. The summed E-state index contributed by atoms with van der Waals surface area (Å²) in [4.78, 5) is 38.6. The lowest BCUT2D eigenvalue weighted by atomic mass is 10.0. The Hall–Kier alpha value is -3.35. The van der Waals surface area contributed by atoms with E-state index in [1.54, 1.807) is 43.5 Å². The smallest absolute Gasteiger partial charge is 0.355 e. The van der Waals surface area contributed by atoms with Gasteiger partial charge in [0.1, 0.15) is 5.70 Å². The van der Waals surface area contributed by atoms with Gasteiger partial charge in [0, 0.05) is 24.0 Å². The minimum Gasteiger partial charge on any atom is -0.465 e. The lowest BCUT2D eigenvalue weighted by Gasteiger charge is -2.25. The molecular weight excluding hydrogens is 348 g/mol. The maximum atomic E-state index is 12.5. The Morgan fingerprint density at radius 1 is 1.07 bits per heavy atom. The van der Waals surface area contributed by atoms with Gasteiger partial charge in [0.15, 0.2) is 0 Å². The van der Waals surface area contributed by atoms with Gasteiger partial charge >= 0.3 is 11.9 Å². The summed E-state index contributed by atoms with van der Waals surface area (Å²) in [5, 5.41) is 2.76. The lowest BCUT2D eigenvalue weighted by molar-refractivity contribution is -0.139. The van der Waals surface area contributed by atoms with Crippen LogP contribution in [0.2, 0.25) is 0 Å². The molecule has 1 aromatic carbocycles. The maximum Gasteiger partial charge on any atom is 0.355 e. The van der Waals surface area contributed by atoms with E-state index in [-0.39, 0.29) is 17.2 Å². The Balaban J connectivity index is 2.68. The van der Waals surface area contributed by atoms with E-state index in [1.165, 1.54) is 25.2 Å². The zero-order valence-electron chi connectivity index (χ0n) is 15.7. The molecule has 1 amide bonds. The van der Waals surface area contributed by atoms with Crippen LogP contribution in [-0.2, 0) is 19.1 Å². The summed E-state index contributed by atoms with van der Waals surface area (Å²) in [6.45, 7) is 4.11. The summed E-state index contributed by atoms with van der Waals surface area (Å²) in [5.74, 6) is -1.59. The Morgan fingerprint density at radius 2 is 1.78 bits per heavy atom. The molecule has 0 saturated carbocycles. The van der Waals surface area contributed by atoms with Crippen LogP contribution in [0.5, 0.6) is 0 Å². The molecule has 0 aromatic heterocycles. The molecule has 1 heterocycles. The Bertz CT molecular complexity index is 852. The minimum absolute atomic E-state index is 0.00509. The minimum atomic E-state index is -0.700. The number of ether oxygens (including phenoxy) is 2. The summed E-state index contributed by atoms with van der Waals surface area (Å²) < 4.78 is 9.69. The molecule has 2 rings (SSSR count). The normalized spacial score (nSPS) is 13.3. The Labute approximate surface area is 157 Å². The first-order chi connectivity index (χ1) is 13.0. The summed E-state index contributed by atoms with van der Waals surface area (Å²) >= 11 is 0. The van der Waals surface area contributed by atoms with Gasteiger partial charge in [-0.05, 0) is 43.7 Å². The highest BCUT2D eigenvalue weighted by Crippen LogP contribution is 2.30. The van der Waals surface area contributed by atoms with Gasteiger partial charge in [0.2, 0.25) is 0 Å².